The number of benzene rings is 1. The average Bonchev–Trinajstić information content (AvgIpc) is 3.48. The Balaban J connectivity index is 1.97. The van der Waals surface area contributed by atoms with E-state index in [0.717, 1.165) is 12.8 Å². The van der Waals surface area contributed by atoms with Gasteiger partial charge in [-0.25, -0.2) is 9.59 Å². The lowest BCUT2D eigenvalue weighted by molar-refractivity contribution is -0.167. The van der Waals surface area contributed by atoms with Crippen LogP contribution in [0.25, 0.3) is 0 Å². The van der Waals surface area contributed by atoms with Crippen LogP contribution >= 0.6 is 0 Å². The molecule has 0 aliphatic heterocycles. The number of esters is 1. The zero-order valence-electron chi connectivity index (χ0n) is 16.1. The van der Waals surface area contributed by atoms with Crippen molar-refractivity contribution in [1.82, 2.24) is 4.90 Å². The average molecular weight is 416 g/mol. The summed E-state index contributed by atoms with van der Waals surface area (Å²) in [5.41, 5.74) is 0.301. The van der Waals surface area contributed by atoms with Crippen molar-refractivity contribution in [3.8, 4) is 0 Å². The van der Waals surface area contributed by atoms with Crippen LogP contribution in [-0.2, 0) is 14.3 Å². The maximum Gasteiger partial charge on any atom is 0.411 e. The Labute approximate surface area is 166 Å². The van der Waals surface area contributed by atoms with Crippen molar-refractivity contribution < 1.29 is 37.0 Å². The van der Waals surface area contributed by atoms with Gasteiger partial charge in [0.05, 0.1) is 12.2 Å². The van der Waals surface area contributed by atoms with E-state index in [0.29, 0.717) is 4.90 Å². The molecule has 0 aromatic heterocycles. The van der Waals surface area contributed by atoms with Crippen LogP contribution < -0.4 is 5.32 Å². The number of nitrogens with zero attached hydrogens (tertiary/aromatic N) is 1. The number of hydrogen-bond acceptors (Lipinski definition) is 5. The van der Waals surface area contributed by atoms with Gasteiger partial charge in [0.25, 0.3) is 5.91 Å². The van der Waals surface area contributed by atoms with Crippen LogP contribution in [0.3, 0.4) is 0 Å². The first kappa shape index (κ1) is 22.5. The fourth-order valence-electron chi connectivity index (χ4n) is 2.79. The minimum atomic E-state index is -4.55. The summed E-state index contributed by atoms with van der Waals surface area (Å²) in [5, 5.41) is 2.41. The largest absolute Gasteiger partial charge is 0.452 e. The molecule has 0 bridgehead atoms. The molecule has 7 nitrogen and oxygen atoms in total. The fraction of sp³-hybridized carbons (Fsp3) is 0.526. The van der Waals surface area contributed by atoms with E-state index in [9.17, 15) is 27.6 Å². The van der Waals surface area contributed by atoms with Gasteiger partial charge in [0.2, 0.25) is 0 Å². The van der Waals surface area contributed by atoms with Crippen LogP contribution in [0, 0.1) is 5.92 Å². The van der Waals surface area contributed by atoms with Crippen molar-refractivity contribution in [2.24, 2.45) is 5.92 Å². The number of halogens is 3. The quantitative estimate of drug-likeness (QED) is 0.655. The van der Waals surface area contributed by atoms with E-state index in [1.807, 2.05) is 0 Å². The van der Waals surface area contributed by atoms with Gasteiger partial charge in [0.15, 0.2) is 6.61 Å². The lowest BCUT2D eigenvalue weighted by atomic mass is 10.2. The van der Waals surface area contributed by atoms with E-state index in [1.54, 1.807) is 13.8 Å². The minimum absolute atomic E-state index is 0.0302. The summed E-state index contributed by atoms with van der Waals surface area (Å²) >= 11 is 0. The first-order valence-electron chi connectivity index (χ1n) is 9.18. The van der Waals surface area contributed by atoms with Gasteiger partial charge in [-0.3, -0.25) is 10.1 Å². The third-order valence-electron chi connectivity index (χ3n) is 4.41. The Morgan fingerprint density at radius 3 is 2.52 bits per heavy atom. The van der Waals surface area contributed by atoms with Crippen molar-refractivity contribution in [1.29, 1.82) is 0 Å². The van der Waals surface area contributed by atoms with Gasteiger partial charge < -0.3 is 14.4 Å². The van der Waals surface area contributed by atoms with Crippen molar-refractivity contribution in [3.05, 3.63) is 29.8 Å². The highest BCUT2D eigenvalue weighted by atomic mass is 19.4. The standard InChI is InChI=1S/C19H23F3N2O5/c1-3-28-18(27)23-15-6-4-5-14(9-15)17(26)29-10-16(25)24(11-19(20,21)22)12(2)13-7-8-13/h4-6,9,12-13H,3,7-8,10-11H2,1-2H3,(H,23,27). The summed E-state index contributed by atoms with van der Waals surface area (Å²) in [6.45, 7) is 1.18. The van der Waals surface area contributed by atoms with Gasteiger partial charge >= 0.3 is 18.2 Å². The molecular weight excluding hydrogens is 393 g/mol. The molecule has 10 heteroatoms. The number of hydrogen-bond donors (Lipinski definition) is 1. The van der Waals surface area contributed by atoms with E-state index in [4.69, 9.17) is 9.47 Å². The monoisotopic (exact) mass is 416 g/mol. The number of alkyl halides is 3. The van der Waals surface area contributed by atoms with Crippen LogP contribution in [0.15, 0.2) is 24.3 Å². The first-order valence-corrected chi connectivity index (χ1v) is 9.18. The highest BCUT2D eigenvalue weighted by Gasteiger charge is 2.40. The minimum Gasteiger partial charge on any atom is -0.452 e. The number of nitrogens with one attached hydrogen (secondary N) is 1. The summed E-state index contributed by atoms with van der Waals surface area (Å²) < 4.78 is 48.1. The third kappa shape index (κ3) is 7.28. The molecule has 160 valence electrons. The number of anilines is 1. The molecular formula is C19H23F3N2O5. The number of carbonyl (C=O) groups excluding carboxylic acids is 3. The predicted molar refractivity (Wildman–Crippen MR) is 97.3 cm³/mol. The molecule has 2 rings (SSSR count). The Bertz CT molecular complexity index is 750. The molecule has 29 heavy (non-hydrogen) atoms. The van der Waals surface area contributed by atoms with Gasteiger partial charge in [0, 0.05) is 11.7 Å². The topological polar surface area (TPSA) is 84.9 Å². The molecule has 1 N–H and O–H groups in total. The Morgan fingerprint density at radius 2 is 1.93 bits per heavy atom. The van der Waals surface area contributed by atoms with Crippen LogP contribution in [0.2, 0.25) is 0 Å². The Kier molecular flexibility index (Phi) is 7.46. The maximum atomic E-state index is 12.8. The Hall–Kier alpha value is -2.78. The second-order valence-corrected chi connectivity index (χ2v) is 6.72. The zero-order valence-corrected chi connectivity index (χ0v) is 16.1. The molecule has 1 unspecified atom stereocenters. The highest BCUT2D eigenvalue weighted by Crippen LogP contribution is 2.36. The second-order valence-electron chi connectivity index (χ2n) is 6.72. The van der Waals surface area contributed by atoms with Gasteiger partial charge in [-0.15, -0.1) is 0 Å². The van der Waals surface area contributed by atoms with Crippen molar-refractivity contribution in [2.75, 3.05) is 25.1 Å². The number of ether oxygens (including phenoxy) is 2. The van der Waals surface area contributed by atoms with Crippen LogP contribution in [0.1, 0.15) is 37.0 Å². The summed E-state index contributed by atoms with van der Waals surface area (Å²) in [7, 11) is 0. The summed E-state index contributed by atoms with van der Waals surface area (Å²) in [6, 6.07) is 5.11. The summed E-state index contributed by atoms with van der Waals surface area (Å²) in [4.78, 5) is 36.6. The molecule has 1 aliphatic rings. The lowest BCUT2D eigenvalue weighted by Gasteiger charge is -2.30. The third-order valence-corrected chi connectivity index (χ3v) is 4.41. The first-order chi connectivity index (χ1) is 13.6. The molecule has 1 aliphatic carbocycles. The number of carbonyl (C=O) groups is 3. The molecule has 1 fully saturated rings. The van der Waals surface area contributed by atoms with Crippen molar-refractivity contribution in [2.45, 2.75) is 38.9 Å². The molecule has 1 saturated carbocycles. The predicted octanol–water partition coefficient (Wildman–Crippen LogP) is 3.60. The van der Waals surface area contributed by atoms with E-state index >= 15 is 0 Å². The smallest absolute Gasteiger partial charge is 0.411 e. The molecule has 0 saturated heterocycles. The normalized spacial score (nSPS) is 14.7. The zero-order chi connectivity index (χ0) is 21.6. The van der Waals surface area contributed by atoms with Crippen LogP contribution in [-0.4, -0.2) is 54.8 Å². The molecule has 1 aromatic rings. The maximum absolute atomic E-state index is 12.8. The SMILES string of the molecule is CCOC(=O)Nc1cccc(C(=O)OCC(=O)N(CC(F)(F)F)C(C)C2CC2)c1. The highest BCUT2D eigenvalue weighted by molar-refractivity contribution is 5.93. The van der Waals surface area contributed by atoms with Gasteiger partial charge in [-0.1, -0.05) is 6.07 Å². The van der Waals surface area contributed by atoms with Gasteiger partial charge in [-0.05, 0) is 50.8 Å². The van der Waals surface area contributed by atoms with Crippen LogP contribution in [0.5, 0.6) is 0 Å². The van der Waals surface area contributed by atoms with Gasteiger partial charge in [0.1, 0.15) is 6.54 Å². The summed E-state index contributed by atoms with van der Waals surface area (Å²) in [5.74, 6) is -1.77. The van der Waals surface area contributed by atoms with E-state index < -0.39 is 43.3 Å². The second kappa shape index (κ2) is 9.62. The fourth-order valence-corrected chi connectivity index (χ4v) is 2.79. The lowest BCUT2D eigenvalue weighted by Crippen LogP contribution is -2.47. The molecule has 1 aromatic carbocycles. The van der Waals surface area contributed by atoms with E-state index in [1.165, 1.54) is 24.3 Å². The summed E-state index contributed by atoms with van der Waals surface area (Å²) in [6.07, 6.45) is -3.72. The van der Waals surface area contributed by atoms with Crippen LogP contribution in [0.4, 0.5) is 23.7 Å². The van der Waals surface area contributed by atoms with Crippen molar-refractivity contribution >= 4 is 23.7 Å². The Morgan fingerprint density at radius 1 is 1.24 bits per heavy atom. The molecule has 0 heterocycles. The molecule has 1 atom stereocenters. The molecule has 2 amide bonds. The number of rotatable bonds is 8. The molecule has 0 spiro atoms. The van der Waals surface area contributed by atoms with Crippen molar-refractivity contribution in [3.63, 3.8) is 0 Å². The van der Waals surface area contributed by atoms with E-state index in [-0.39, 0.29) is 23.8 Å². The van der Waals surface area contributed by atoms with E-state index in [2.05, 4.69) is 5.32 Å². The molecule has 0 radical (unpaired) electrons. The number of amides is 2. The van der Waals surface area contributed by atoms with Gasteiger partial charge in [-0.2, -0.15) is 13.2 Å².